The van der Waals surface area contributed by atoms with Crippen molar-refractivity contribution in [3.05, 3.63) is 47.0 Å². The minimum atomic E-state index is 0.761. The first kappa shape index (κ1) is 20.2. The number of aryl methyl sites for hydroxylation is 1. The molecule has 0 N–H and O–H groups in total. The number of nitrogens with zero attached hydrogens (tertiary/aromatic N) is 1. The topological polar surface area (TPSA) is 23.8 Å². The maximum atomic E-state index is 8.89. The third-order valence-electron chi connectivity index (χ3n) is 7.08. The summed E-state index contributed by atoms with van der Waals surface area (Å²) in [6, 6.07) is 10.3. The molecule has 2 aliphatic carbocycles. The van der Waals surface area contributed by atoms with Crippen LogP contribution in [0.15, 0.2) is 35.9 Å². The summed E-state index contributed by atoms with van der Waals surface area (Å²) < 4.78 is 0. The van der Waals surface area contributed by atoms with Gasteiger partial charge in [-0.3, -0.25) is 0 Å². The quantitative estimate of drug-likeness (QED) is 0.436. The molecule has 1 aromatic carbocycles. The standard InChI is InChI=1S/C26H37N/c1-2-3-21-4-6-22(7-5-21)8-9-23-10-12-24(13-11-23)14-15-25-16-18-26(20-27)19-17-25/h12,16-19,21-23H,2-11,13-15H2,1H3/t21-,22-,23?. The fourth-order valence-electron chi connectivity index (χ4n) is 5.17. The van der Waals surface area contributed by atoms with E-state index < -0.39 is 0 Å². The van der Waals surface area contributed by atoms with E-state index in [2.05, 4.69) is 31.2 Å². The van der Waals surface area contributed by atoms with Crippen molar-refractivity contribution in [3.63, 3.8) is 0 Å². The zero-order valence-corrected chi connectivity index (χ0v) is 17.3. The number of nitriles is 1. The second-order valence-electron chi connectivity index (χ2n) is 9.06. The molecule has 27 heavy (non-hydrogen) atoms. The highest BCUT2D eigenvalue weighted by atomic mass is 14.3. The van der Waals surface area contributed by atoms with Crippen molar-refractivity contribution in [1.82, 2.24) is 0 Å². The molecule has 0 heterocycles. The van der Waals surface area contributed by atoms with Crippen molar-refractivity contribution in [1.29, 1.82) is 5.26 Å². The minimum Gasteiger partial charge on any atom is -0.192 e. The van der Waals surface area contributed by atoms with Crippen LogP contribution in [0.5, 0.6) is 0 Å². The Morgan fingerprint density at radius 1 is 0.852 bits per heavy atom. The lowest BCUT2D eigenvalue weighted by Crippen LogP contribution is -2.16. The van der Waals surface area contributed by atoms with Crippen LogP contribution in [0.3, 0.4) is 0 Å². The second kappa shape index (κ2) is 10.7. The van der Waals surface area contributed by atoms with E-state index >= 15 is 0 Å². The van der Waals surface area contributed by atoms with Gasteiger partial charge >= 0.3 is 0 Å². The number of hydrogen-bond acceptors (Lipinski definition) is 1. The van der Waals surface area contributed by atoms with Crippen LogP contribution in [-0.4, -0.2) is 0 Å². The van der Waals surface area contributed by atoms with E-state index in [1.54, 1.807) is 5.57 Å². The SMILES string of the molecule is CCC[C@H]1CC[C@H](CCC2CC=C(CCc3ccc(C#N)cc3)CC2)CC1. The highest BCUT2D eigenvalue weighted by Gasteiger charge is 2.22. The van der Waals surface area contributed by atoms with Crippen molar-refractivity contribution in [2.24, 2.45) is 17.8 Å². The van der Waals surface area contributed by atoms with Crippen LogP contribution >= 0.6 is 0 Å². The summed E-state index contributed by atoms with van der Waals surface area (Å²) in [7, 11) is 0. The maximum Gasteiger partial charge on any atom is 0.0991 e. The van der Waals surface area contributed by atoms with E-state index in [1.165, 1.54) is 82.6 Å². The van der Waals surface area contributed by atoms with Crippen molar-refractivity contribution in [3.8, 4) is 6.07 Å². The van der Waals surface area contributed by atoms with Gasteiger partial charge in [-0.15, -0.1) is 0 Å². The lowest BCUT2D eigenvalue weighted by Gasteiger charge is -2.30. The van der Waals surface area contributed by atoms with Gasteiger partial charge in [0.2, 0.25) is 0 Å². The number of benzene rings is 1. The van der Waals surface area contributed by atoms with E-state index in [1.807, 2.05) is 12.1 Å². The van der Waals surface area contributed by atoms with Gasteiger partial charge in [-0.2, -0.15) is 5.26 Å². The Hall–Kier alpha value is -1.55. The predicted octanol–water partition coefficient (Wildman–Crippen LogP) is 7.60. The fourth-order valence-corrected chi connectivity index (χ4v) is 5.17. The Labute approximate surface area is 166 Å². The molecule has 1 fully saturated rings. The van der Waals surface area contributed by atoms with Crippen LogP contribution in [0.2, 0.25) is 0 Å². The van der Waals surface area contributed by atoms with Gasteiger partial charge in [0.15, 0.2) is 0 Å². The number of rotatable bonds is 8. The summed E-state index contributed by atoms with van der Waals surface area (Å²) >= 11 is 0. The molecule has 1 aromatic rings. The van der Waals surface area contributed by atoms with E-state index in [4.69, 9.17) is 5.26 Å². The van der Waals surface area contributed by atoms with Gasteiger partial charge in [-0.1, -0.05) is 75.7 Å². The molecule has 146 valence electrons. The molecule has 2 aliphatic rings. The van der Waals surface area contributed by atoms with Crippen molar-refractivity contribution < 1.29 is 0 Å². The van der Waals surface area contributed by atoms with E-state index in [0.717, 1.165) is 29.7 Å². The van der Waals surface area contributed by atoms with Gasteiger partial charge in [-0.05, 0) is 74.0 Å². The summed E-state index contributed by atoms with van der Waals surface area (Å²) in [6.45, 7) is 2.33. The molecule has 0 spiro atoms. The molecule has 1 atom stereocenters. The van der Waals surface area contributed by atoms with Crippen LogP contribution in [-0.2, 0) is 6.42 Å². The zero-order chi connectivity index (χ0) is 18.9. The summed E-state index contributed by atoms with van der Waals surface area (Å²) in [5, 5.41) is 8.89. The Kier molecular flexibility index (Phi) is 8.00. The molecule has 0 radical (unpaired) electrons. The third kappa shape index (κ3) is 6.53. The van der Waals surface area contributed by atoms with Crippen LogP contribution in [0.1, 0.15) is 95.1 Å². The van der Waals surface area contributed by atoms with Gasteiger partial charge in [-0.25, -0.2) is 0 Å². The molecule has 0 bridgehead atoms. The highest BCUT2D eigenvalue weighted by Crippen LogP contribution is 2.36. The van der Waals surface area contributed by atoms with E-state index in [-0.39, 0.29) is 0 Å². The first-order chi connectivity index (χ1) is 13.3. The zero-order valence-electron chi connectivity index (χ0n) is 17.3. The second-order valence-corrected chi connectivity index (χ2v) is 9.06. The van der Waals surface area contributed by atoms with Gasteiger partial charge in [0, 0.05) is 0 Å². The molecular weight excluding hydrogens is 326 g/mol. The summed E-state index contributed by atoms with van der Waals surface area (Å²) in [4.78, 5) is 0. The average Bonchev–Trinajstić information content (AvgIpc) is 2.73. The molecule has 0 amide bonds. The summed E-state index contributed by atoms with van der Waals surface area (Å²) in [5.41, 5.74) is 3.78. The first-order valence-electron chi connectivity index (χ1n) is 11.4. The van der Waals surface area contributed by atoms with E-state index in [0.29, 0.717) is 0 Å². The molecule has 3 rings (SSSR count). The maximum absolute atomic E-state index is 8.89. The smallest absolute Gasteiger partial charge is 0.0991 e. The van der Waals surface area contributed by atoms with Crippen LogP contribution in [0.4, 0.5) is 0 Å². The summed E-state index contributed by atoms with van der Waals surface area (Å²) in [5.74, 6) is 3.01. The first-order valence-corrected chi connectivity index (χ1v) is 11.4. The van der Waals surface area contributed by atoms with Crippen LogP contribution in [0, 0.1) is 29.1 Å². The monoisotopic (exact) mass is 363 g/mol. The lowest BCUT2D eigenvalue weighted by molar-refractivity contribution is 0.236. The Morgan fingerprint density at radius 3 is 2.11 bits per heavy atom. The average molecular weight is 364 g/mol. The van der Waals surface area contributed by atoms with E-state index in [9.17, 15) is 0 Å². The van der Waals surface area contributed by atoms with Crippen molar-refractivity contribution in [2.75, 3.05) is 0 Å². The van der Waals surface area contributed by atoms with Gasteiger partial charge in [0.05, 0.1) is 11.6 Å². The molecule has 1 saturated carbocycles. The normalized spacial score (nSPS) is 25.6. The Morgan fingerprint density at radius 2 is 1.52 bits per heavy atom. The number of hydrogen-bond donors (Lipinski definition) is 0. The molecule has 1 nitrogen and oxygen atoms in total. The Balaban J connectivity index is 1.33. The fraction of sp³-hybridized carbons (Fsp3) is 0.654. The lowest BCUT2D eigenvalue weighted by atomic mass is 9.76. The van der Waals surface area contributed by atoms with Gasteiger partial charge < -0.3 is 0 Å². The predicted molar refractivity (Wildman–Crippen MR) is 114 cm³/mol. The summed E-state index contributed by atoms with van der Waals surface area (Å²) in [6.07, 6.45) is 20.7. The molecule has 1 unspecified atom stereocenters. The van der Waals surface area contributed by atoms with Crippen LogP contribution in [0.25, 0.3) is 0 Å². The van der Waals surface area contributed by atoms with Gasteiger partial charge in [0.25, 0.3) is 0 Å². The Bertz CT molecular complexity index is 625. The number of allylic oxidation sites excluding steroid dienone is 2. The van der Waals surface area contributed by atoms with Crippen molar-refractivity contribution in [2.45, 2.75) is 90.4 Å². The molecular formula is C26H37N. The van der Waals surface area contributed by atoms with Crippen molar-refractivity contribution >= 4 is 0 Å². The van der Waals surface area contributed by atoms with Gasteiger partial charge in [0.1, 0.15) is 0 Å². The minimum absolute atomic E-state index is 0.761. The molecule has 0 saturated heterocycles. The molecule has 0 aromatic heterocycles. The molecule has 0 aliphatic heterocycles. The van der Waals surface area contributed by atoms with Crippen LogP contribution < -0.4 is 0 Å². The largest absolute Gasteiger partial charge is 0.192 e. The molecule has 1 heteroatoms. The third-order valence-corrected chi connectivity index (χ3v) is 7.08. The highest BCUT2D eigenvalue weighted by molar-refractivity contribution is 5.31.